The summed E-state index contributed by atoms with van der Waals surface area (Å²) in [6.45, 7) is 0.424. The van der Waals surface area contributed by atoms with Crippen LogP contribution in [-0.4, -0.2) is 25.1 Å². The van der Waals surface area contributed by atoms with Crippen molar-refractivity contribution >= 4 is 5.91 Å². The number of methoxy groups -OCH3 is 2. The fourth-order valence-electron chi connectivity index (χ4n) is 1.93. The molecule has 0 aliphatic heterocycles. The number of hydrogen-bond acceptors (Lipinski definition) is 4. The maximum absolute atomic E-state index is 11.9. The SMILES string of the molecule is COc1ccc(CC(=O)NCc2ccccn2)cc1OC. The summed E-state index contributed by atoms with van der Waals surface area (Å²) in [6, 6.07) is 11.1. The Morgan fingerprint density at radius 2 is 1.95 bits per heavy atom. The highest BCUT2D eigenvalue weighted by atomic mass is 16.5. The van der Waals surface area contributed by atoms with Crippen LogP contribution in [0.15, 0.2) is 42.6 Å². The Morgan fingerprint density at radius 1 is 1.14 bits per heavy atom. The predicted octanol–water partition coefficient (Wildman–Crippen LogP) is 1.96. The molecule has 2 rings (SSSR count). The molecule has 5 nitrogen and oxygen atoms in total. The van der Waals surface area contributed by atoms with E-state index in [4.69, 9.17) is 9.47 Å². The van der Waals surface area contributed by atoms with E-state index < -0.39 is 0 Å². The van der Waals surface area contributed by atoms with Gasteiger partial charge in [-0.05, 0) is 29.8 Å². The van der Waals surface area contributed by atoms with Crippen LogP contribution in [0.2, 0.25) is 0 Å². The third kappa shape index (κ3) is 4.21. The van der Waals surface area contributed by atoms with Crippen LogP contribution in [0, 0.1) is 0 Å². The van der Waals surface area contributed by atoms with Gasteiger partial charge < -0.3 is 14.8 Å². The monoisotopic (exact) mass is 286 g/mol. The van der Waals surface area contributed by atoms with Crippen molar-refractivity contribution in [3.05, 3.63) is 53.9 Å². The van der Waals surface area contributed by atoms with Gasteiger partial charge in [0.15, 0.2) is 11.5 Å². The zero-order chi connectivity index (χ0) is 15.1. The Morgan fingerprint density at radius 3 is 2.62 bits per heavy atom. The molecule has 0 bridgehead atoms. The second-order valence-electron chi connectivity index (χ2n) is 4.46. The van der Waals surface area contributed by atoms with E-state index in [9.17, 15) is 4.79 Å². The number of nitrogens with one attached hydrogen (secondary N) is 1. The van der Waals surface area contributed by atoms with Crippen LogP contribution in [0.3, 0.4) is 0 Å². The molecule has 0 aliphatic carbocycles. The van der Waals surface area contributed by atoms with E-state index >= 15 is 0 Å². The summed E-state index contributed by atoms with van der Waals surface area (Å²) in [5.41, 5.74) is 1.70. The Bertz CT molecular complexity index is 600. The molecule has 0 aliphatic rings. The molecule has 0 unspecified atom stereocenters. The number of benzene rings is 1. The number of aromatic nitrogens is 1. The van der Waals surface area contributed by atoms with Crippen molar-refractivity contribution in [1.29, 1.82) is 0 Å². The zero-order valence-electron chi connectivity index (χ0n) is 12.1. The molecule has 21 heavy (non-hydrogen) atoms. The van der Waals surface area contributed by atoms with Crippen LogP contribution in [0.25, 0.3) is 0 Å². The average Bonchev–Trinajstić information content (AvgIpc) is 2.53. The first-order valence-electron chi connectivity index (χ1n) is 6.60. The lowest BCUT2D eigenvalue weighted by Crippen LogP contribution is -2.24. The normalized spacial score (nSPS) is 10.0. The first kappa shape index (κ1) is 14.8. The highest BCUT2D eigenvalue weighted by Gasteiger charge is 2.08. The number of pyridine rings is 1. The minimum absolute atomic E-state index is 0.0622. The van der Waals surface area contributed by atoms with Gasteiger partial charge in [-0.1, -0.05) is 12.1 Å². The van der Waals surface area contributed by atoms with Crippen molar-refractivity contribution in [1.82, 2.24) is 10.3 Å². The van der Waals surface area contributed by atoms with Crippen LogP contribution in [-0.2, 0) is 17.8 Å². The van der Waals surface area contributed by atoms with Gasteiger partial charge in [0.25, 0.3) is 0 Å². The number of nitrogens with zero attached hydrogens (tertiary/aromatic N) is 1. The topological polar surface area (TPSA) is 60.5 Å². The molecule has 0 saturated heterocycles. The molecule has 5 heteroatoms. The van der Waals surface area contributed by atoms with Crippen molar-refractivity contribution < 1.29 is 14.3 Å². The summed E-state index contributed by atoms with van der Waals surface area (Å²) >= 11 is 0. The second kappa shape index (κ2) is 7.28. The molecule has 0 atom stereocenters. The highest BCUT2D eigenvalue weighted by molar-refractivity contribution is 5.78. The lowest BCUT2D eigenvalue weighted by atomic mass is 10.1. The summed E-state index contributed by atoms with van der Waals surface area (Å²) in [7, 11) is 3.15. The quantitative estimate of drug-likeness (QED) is 0.882. The molecule has 0 radical (unpaired) electrons. The van der Waals surface area contributed by atoms with Gasteiger partial charge in [-0.2, -0.15) is 0 Å². The number of carbonyl (C=O) groups is 1. The van der Waals surface area contributed by atoms with Crippen LogP contribution in [0.1, 0.15) is 11.3 Å². The van der Waals surface area contributed by atoms with Gasteiger partial charge in [-0.3, -0.25) is 9.78 Å². The number of amides is 1. The van der Waals surface area contributed by atoms with E-state index in [1.54, 1.807) is 32.5 Å². The second-order valence-corrected chi connectivity index (χ2v) is 4.46. The van der Waals surface area contributed by atoms with Gasteiger partial charge in [0.05, 0.1) is 32.9 Å². The van der Waals surface area contributed by atoms with Gasteiger partial charge >= 0.3 is 0 Å². The third-order valence-electron chi connectivity index (χ3n) is 3.01. The Hall–Kier alpha value is -2.56. The van der Waals surface area contributed by atoms with Gasteiger partial charge in [-0.15, -0.1) is 0 Å². The molecule has 1 N–H and O–H groups in total. The zero-order valence-corrected chi connectivity index (χ0v) is 12.1. The van der Waals surface area contributed by atoms with Crippen molar-refractivity contribution in [3.63, 3.8) is 0 Å². The molecule has 1 aromatic heterocycles. The molecule has 2 aromatic rings. The molecular weight excluding hydrogens is 268 g/mol. The standard InChI is InChI=1S/C16H18N2O3/c1-20-14-7-6-12(9-15(14)21-2)10-16(19)18-11-13-5-3-4-8-17-13/h3-9H,10-11H2,1-2H3,(H,18,19). The number of ether oxygens (including phenoxy) is 2. The lowest BCUT2D eigenvalue weighted by Gasteiger charge is -2.09. The third-order valence-corrected chi connectivity index (χ3v) is 3.01. The van der Waals surface area contributed by atoms with Crippen molar-refractivity contribution in [2.24, 2.45) is 0 Å². The van der Waals surface area contributed by atoms with E-state index in [1.807, 2.05) is 24.3 Å². The first-order chi connectivity index (χ1) is 10.2. The molecular formula is C16H18N2O3. The van der Waals surface area contributed by atoms with Crippen LogP contribution < -0.4 is 14.8 Å². The van der Waals surface area contributed by atoms with Crippen LogP contribution in [0.4, 0.5) is 0 Å². The largest absolute Gasteiger partial charge is 0.493 e. The van der Waals surface area contributed by atoms with Crippen LogP contribution >= 0.6 is 0 Å². The Labute approximate surface area is 123 Å². The van der Waals surface area contributed by atoms with Gasteiger partial charge in [0.1, 0.15) is 0 Å². The van der Waals surface area contributed by atoms with Crippen LogP contribution in [0.5, 0.6) is 11.5 Å². The summed E-state index contributed by atoms with van der Waals surface area (Å²) in [5, 5.41) is 2.84. The van der Waals surface area contributed by atoms with E-state index in [0.29, 0.717) is 18.0 Å². The van der Waals surface area contributed by atoms with E-state index in [0.717, 1.165) is 11.3 Å². The summed E-state index contributed by atoms with van der Waals surface area (Å²) in [6.07, 6.45) is 1.99. The van der Waals surface area contributed by atoms with E-state index in [-0.39, 0.29) is 12.3 Å². The molecule has 0 saturated carbocycles. The fourth-order valence-corrected chi connectivity index (χ4v) is 1.93. The number of hydrogen-bond donors (Lipinski definition) is 1. The summed E-state index contributed by atoms with van der Waals surface area (Å²) < 4.78 is 10.4. The van der Waals surface area contributed by atoms with Gasteiger partial charge in [0, 0.05) is 6.20 Å². The molecule has 1 amide bonds. The van der Waals surface area contributed by atoms with E-state index in [2.05, 4.69) is 10.3 Å². The highest BCUT2D eigenvalue weighted by Crippen LogP contribution is 2.27. The Balaban J connectivity index is 1.93. The molecule has 0 spiro atoms. The molecule has 110 valence electrons. The molecule has 1 heterocycles. The fraction of sp³-hybridized carbons (Fsp3) is 0.250. The predicted molar refractivity (Wildman–Crippen MR) is 79.3 cm³/mol. The van der Waals surface area contributed by atoms with Crippen molar-refractivity contribution in [2.45, 2.75) is 13.0 Å². The molecule has 1 aromatic carbocycles. The average molecular weight is 286 g/mol. The lowest BCUT2D eigenvalue weighted by molar-refractivity contribution is -0.120. The van der Waals surface area contributed by atoms with Crippen molar-refractivity contribution in [3.8, 4) is 11.5 Å². The summed E-state index contributed by atoms with van der Waals surface area (Å²) in [5.74, 6) is 1.20. The smallest absolute Gasteiger partial charge is 0.224 e. The van der Waals surface area contributed by atoms with Gasteiger partial charge in [0.2, 0.25) is 5.91 Å². The minimum Gasteiger partial charge on any atom is -0.493 e. The Kier molecular flexibility index (Phi) is 5.15. The number of carbonyl (C=O) groups excluding carboxylic acids is 1. The van der Waals surface area contributed by atoms with E-state index in [1.165, 1.54) is 0 Å². The van der Waals surface area contributed by atoms with Gasteiger partial charge in [-0.25, -0.2) is 0 Å². The maximum Gasteiger partial charge on any atom is 0.224 e. The van der Waals surface area contributed by atoms with Crippen molar-refractivity contribution in [2.75, 3.05) is 14.2 Å². The minimum atomic E-state index is -0.0622. The molecule has 0 fully saturated rings. The summed E-state index contributed by atoms with van der Waals surface area (Å²) in [4.78, 5) is 16.1. The maximum atomic E-state index is 11.9. The number of rotatable bonds is 6. The first-order valence-corrected chi connectivity index (χ1v) is 6.60.